The van der Waals surface area contributed by atoms with Gasteiger partial charge in [0.1, 0.15) is 0 Å². The number of hydrogen-bond acceptors (Lipinski definition) is 4. The van der Waals surface area contributed by atoms with E-state index in [1.807, 2.05) is 34.1 Å². The number of H-pyrrole nitrogens is 1. The van der Waals surface area contributed by atoms with Crippen LogP contribution in [0.1, 0.15) is 70.6 Å². The van der Waals surface area contributed by atoms with Gasteiger partial charge in [0.15, 0.2) is 4.77 Å². The van der Waals surface area contributed by atoms with Crippen LogP contribution in [0.25, 0.3) is 10.9 Å². The number of nitrogens with one attached hydrogen (secondary N) is 1. The van der Waals surface area contributed by atoms with Gasteiger partial charge in [-0.1, -0.05) is 50.7 Å². The van der Waals surface area contributed by atoms with Crippen LogP contribution in [-0.2, 0) is 16.1 Å². The molecule has 1 aliphatic carbocycles. The molecule has 2 heterocycles. The van der Waals surface area contributed by atoms with Crippen LogP contribution in [-0.4, -0.2) is 57.3 Å². The Morgan fingerprint density at radius 1 is 0.886 bits per heavy atom. The molecule has 4 rings (SSSR count). The topological polar surface area (TPSA) is 78.4 Å². The molecule has 7 nitrogen and oxygen atoms in total. The number of aromatic amines is 1. The zero-order valence-corrected chi connectivity index (χ0v) is 21.5. The van der Waals surface area contributed by atoms with Crippen molar-refractivity contribution in [2.45, 2.75) is 77.2 Å². The molecule has 0 spiro atoms. The Kier molecular flexibility index (Phi) is 9.12. The molecule has 0 atom stereocenters. The van der Waals surface area contributed by atoms with Crippen LogP contribution in [0, 0.1) is 10.7 Å². The summed E-state index contributed by atoms with van der Waals surface area (Å²) in [4.78, 5) is 44.9. The van der Waals surface area contributed by atoms with E-state index < -0.39 is 0 Å². The molecule has 8 heteroatoms. The lowest BCUT2D eigenvalue weighted by Crippen LogP contribution is -2.50. The molecule has 2 aliphatic rings. The highest BCUT2D eigenvalue weighted by Gasteiger charge is 2.24. The number of fused-ring (bicyclic) bond motifs is 1. The molecule has 0 radical (unpaired) electrons. The van der Waals surface area contributed by atoms with Crippen molar-refractivity contribution in [2.24, 2.45) is 5.92 Å². The highest BCUT2D eigenvalue weighted by molar-refractivity contribution is 7.71. The monoisotopic (exact) mass is 498 g/mol. The van der Waals surface area contributed by atoms with E-state index in [-0.39, 0.29) is 17.4 Å². The van der Waals surface area contributed by atoms with E-state index in [0.717, 1.165) is 37.1 Å². The quantitative estimate of drug-likeness (QED) is 0.403. The summed E-state index contributed by atoms with van der Waals surface area (Å²) in [7, 11) is 0. The Balaban J connectivity index is 1.13. The molecule has 1 aliphatic heterocycles. The number of aromatic nitrogens is 2. The average Bonchev–Trinajstić information content (AvgIpc) is 2.89. The zero-order valence-electron chi connectivity index (χ0n) is 20.7. The first-order valence-corrected chi connectivity index (χ1v) is 13.7. The lowest BCUT2D eigenvalue weighted by molar-refractivity contribution is -0.139. The molecule has 2 amide bonds. The van der Waals surface area contributed by atoms with Crippen molar-refractivity contribution in [3.63, 3.8) is 0 Å². The fraction of sp³-hybridized carbons (Fsp3) is 0.630. The average molecular weight is 499 g/mol. The van der Waals surface area contributed by atoms with Crippen molar-refractivity contribution in [3.05, 3.63) is 39.4 Å². The molecule has 1 aromatic carbocycles. The third kappa shape index (κ3) is 6.81. The first-order chi connectivity index (χ1) is 17.0. The van der Waals surface area contributed by atoms with Gasteiger partial charge in [0.25, 0.3) is 5.56 Å². The molecule has 2 aromatic rings. The first-order valence-electron chi connectivity index (χ1n) is 13.3. The summed E-state index contributed by atoms with van der Waals surface area (Å²) in [5, 5.41) is 0.642. The maximum Gasteiger partial charge on any atom is 0.262 e. The van der Waals surface area contributed by atoms with Crippen molar-refractivity contribution in [1.29, 1.82) is 0 Å². The summed E-state index contributed by atoms with van der Waals surface area (Å²) < 4.78 is 2.06. The molecule has 1 aromatic heterocycles. The van der Waals surface area contributed by atoms with Crippen LogP contribution in [0.4, 0.5) is 0 Å². The molecular weight excluding hydrogens is 460 g/mol. The van der Waals surface area contributed by atoms with Crippen LogP contribution in [0.3, 0.4) is 0 Å². The smallest absolute Gasteiger partial charge is 0.262 e. The van der Waals surface area contributed by atoms with Crippen molar-refractivity contribution >= 4 is 34.9 Å². The van der Waals surface area contributed by atoms with Crippen molar-refractivity contribution in [2.75, 3.05) is 26.2 Å². The van der Waals surface area contributed by atoms with Gasteiger partial charge < -0.3 is 14.8 Å². The molecule has 1 saturated heterocycles. The summed E-state index contributed by atoms with van der Waals surface area (Å²) in [5.41, 5.74) is 0.696. The summed E-state index contributed by atoms with van der Waals surface area (Å²) >= 11 is 5.37. The number of carbonyl (C=O) groups excluding carboxylic acids is 2. The Morgan fingerprint density at radius 3 is 2.26 bits per heavy atom. The van der Waals surface area contributed by atoms with E-state index in [1.54, 1.807) is 4.57 Å². The van der Waals surface area contributed by atoms with Gasteiger partial charge in [-0.05, 0) is 49.5 Å². The lowest BCUT2D eigenvalue weighted by Gasteiger charge is -2.35. The number of carbonyl (C=O) groups is 2. The molecule has 0 bridgehead atoms. The normalized spacial score (nSPS) is 17.1. The second-order valence-corrected chi connectivity index (χ2v) is 10.4. The molecule has 1 N–H and O–H groups in total. The minimum absolute atomic E-state index is 0.0633. The largest absolute Gasteiger partial charge is 0.339 e. The van der Waals surface area contributed by atoms with E-state index in [4.69, 9.17) is 12.2 Å². The molecule has 35 heavy (non-hydrogen) atoms. The summed E-state index contributed by atoms with van der Waals surface area (Å²) in [6.07, 6.45) is 11.2. The van der Waals surface area contributed by atoms with Crippen molar-refractivity contribution in [1.82, 2.24) is 19.4 Å². The second kappa shape index (κ2) is 12.5. The molecular formula is C27H38N4O3S. The second-order valence-electron chi connectivity index (χ2n) is 10.0. The van der Waals surface area contributed by atoms with Crippen molar-refractivity contribution in [3.8, 4) is 0 Å². The van der Waals surface area contributed by atoms with Gasteiger partial charge in [0.05, 0.1) is 10.9 Å². The number of para-hydroxylation sites is 1. The zero-order chi connectivity index (χ0) is 24.6. The van der Waals surface area contributed by atoms with Gasteiger partial charge >= 0.3 is 0 Å². The van der Waals surface area contributed by atoms with Crippen molar-refractivity contribution < 1.29 is 9.59 Å². The fourth-order valence-corrected chi connectivity index (χ4v) is 5.73. The maximum absolute atomic E-state index is 12.7. The highest BCUT2D eigenvalue weighted by atomic mass is 32.1. The van der Waals surface area contributed by atoms with Crippen LogP contribution in [0.15, 0.2) is 29.1 Å². The number of piperazine rings is 1. The van der Waals surface area contributed by atoms with E-state index in [1.165, 1.54) is 32.1 Å². The first kappa shape index (κ1) is 25.6. The Labute approximate surface area is 212 Å². The molecule has 1 saturated carbocycles. The number of unbranched alkanes of at least 4 members (excludes halogenated alkanes) is 2. The summed E-state index contributed by atoms with van der Waals surface area (Å²) in [5.74, 6) is 1.15. The predicted octanol–water partition coefficient (Wildman–Crippen LogP) is 4.65. The summed E-state index contributed by atoms with van der Waals surface area (Å²) in [6, 6.07) is 7.39. The van der Waals surface area contributed by atoms with Gasteiger partial charge in [0, 0.05) is 45.6 Å². The Bertz CT molecular complexity index is 1130. The van der Waals surface area contributed by atoms with E-state index in [9.17, 15) is 14.4 Å². The van der Waals surface area contributed by atoms with E-state index in [2.05, 4.69) is 4.98 Å². The maximum atomic E-state index is 12.7. The third-order valence-electron chi connectivity index (χ3n) is 7.64. The standard InChI is InChI=1S/C27H38N4O3S/c32-24(29-17-19-30(20-18-29)25(33)15-14-21-9-3-1-4-10-21)13-5-2-8-16-31-26(34)22-11-6-7-12-23(22)28-27(31)35/h6-7,11-12,21H,1-5,8-10,13-20H2,(H,28,35). The van der Waals surface area contributed by atoms with Crippen LogP contribution >= 0.6 is 12.2 Å². The molecule has 0 unspecified atom stereocenters. The number of nitrogens with zero attached hydrogens (tertiary/aromatic N) is 3. The van der Waals surface area contributed by atoms with Gasteiger partial charge in [-0.3, -0.25) is 19.0 Å². The number of amides is 2. The summed E-state index contributed by atoms with van der Waals surface area (Å²) in [6.45, 7) is 3.12. The molecule has 190 valence electrons. The predicted molar refractivity (Wildman–Crippen MR) is 141 cm³/mol. The van der Waals surface area contributed by atoms with Crippen LogP contribution in [0.5, 0.6) is 0 Å². The van der Waals surface area contributed by atoms with Crippen LogP contribution < -0.4 is 5.56 Å². The molecule has 2 fully saturated rings. The Morgan fingerprint density at radius 2 is 1.54 bits per heavy atom. The van der Waals surface area contributed by atoms with E-state index >= 15 is 0 Å². The van der Waals surface area contributed by atoms with Gasteiger partial charge in [-0.15, -0.1) is 0 Å². The number of benzene rings is 1. The van der Waals surface area contributed by atoms with Crippen LogP contribution in [0.2, 0.25) is 0 Å². The number of hydrogen-bond donors (Lipinski definition) is 1. The van der Waals surface area contributed by atoms with Gasteiger partial charge in [-0.2, -0.15) is 0 Å². The number of rotatable bonds is 9. The minimum Gasteiger partial charge on any atom is -0.339 e. The minimum atomic E-state index is -0.0633. The fourth-order valence-electron chi connectivity index (χ4n) is 5.45. The Hall–Kier alpha value is -2.48. The SMILES string of the molecule is O=C(CCCCCn1c(=S)[nH]c2ccccc2c1=O)N1CCN(C(=O)CCC2CCCCC2)CC1. The van der Waals surface area contributed by atoms with Gasteiger partial charge in [-0.25, -0.2) is 0 Å². The van der Waals surface area contributed by atoms with Gasteiger partial charge in [0.2, 0.25) is 11.8 Å². The van der Waals surface area contributed by atoms with E-state index in [0.29, 0.717) is 55.7 Å². The highest BCUT2D eigenvalue weighted by Crippen LogP contribution is 2.27. The lowest BCUT2D eigenvalue weighted by atomic mass is 9.86. The third-order valence-corrected chi connectivity index (χ3v) is 7.96.